The normalized spacial score (nSPS) is 14.0. The molecule has 125 valence electrons. The molecular formula is C18H17BN3O2S. The number of nitrogens with zero attached hydrogens (tertiary/aromatic N) is 3. The summed E-state index contributed by atoms with van der Waals surface area (Å²) in [7, 11) is 1.89. The molecule has 4 rings (SSSR count). The quantitative estimate of drug-likeness (QED) is 0.547. The van der Waals surface area contributed by atoms with Crippen LogP contribution in [0.15, 0.2) is 41.6 Å². The van der Waals surface area contributed by atoms with Gasteiger partial charge in [0.15, 0.2) is 5.16 Å². The van der Waals surface area contributed by atoms with Gasteiger partial charge < -0.3 is 5.11 Å². The first kappa shape index (κ1) is 16.2. The second-order valence-electron chi connectivity index (χ2n) is 6.14. The van der Waals surface area contributed by atoms with Gasteiger partial charge in [0.25, 0.3) is 0 Å². The SMILES string of the molecule is C[B]c1nnc(SCC(=O)O)n1-c1ccc(C2CC2)c2ccccc12. The highest BCUT2D eigenvalue weighted by atomic mass is 32.2. The molecule has 0 aliphatic heterocycles. The van der Waals surface area contributed by atoms with Crippen LogP contribution in [0, 0.1) is 0 Å². The molecule has 1 aliphatic carbocycles. The fourth-order valence-corrected chi connectivity index (χ4v) is 3.84. The Morgan fingerprint density at radius 3 is 2.68 bits per heavy atom. The number of carboxylic acid groups (broad SMARTS) is 1. The van der Waals surface area contributed by atoms with E-state index in [-0.39, 0.29) is 5.75 Å². The number of benzene rings is 2. The van der Waals surface area contributed by atoms with E-state index in [0.717, 1.165) is 16.8 Å². The third-order valence-corrected chi connectivity index (χ3v) is 5.35. The molecule has 0 amide bonds. The van der Waals surface area contributed by atoms with Crippen molar-refractivity contribution in [3.05, 3.63) is 42.0 Å². The van der Waals surface area contributed by atoms with Crippen LogP contribution in [0.3, 0.4) is 0 Å². The van der Waals surface area contributed by atoms with E-state index in [0.29, 0.717) is 11.1 Å². The summed E-state index contributed by atoms with van der Waals surface area (Å²) in [6.45, 7) is 1.91. The molecule has 25 heavy (non-hydrogen) atoms. The predicted octanol–water partition coefficient (Wildman–Crippen LogP) is 2.85. The molecule has 0 atom stereocenters. The first-order chi connectivity index (χ1) is 12.2. The van der Waals surface area contributed by atoms with Crippen molar-refractivity contribution in [1.82, 2.24) is 14.8 Å². The molecule has 0 unspecified atom stereocenters. The Morgan fingerprint density at radius 1 is 1.24 bits per heavy atom. The number of thioether (sulfide) groups is 1. The molecular weight excluding hydrogens is 333 g/mol. The van der Waals surface area contributed by atoms with Crippen LogP contribution >= 0.6 is 11.8 Å². The Bertz CT molecular complexity index is 953. The summed E-state index contributed by atoms with van der Waals surface area (Å²) in [5.74, 6) is -0.242. The molecule has 7 heteroatoms. The van der Waals surface area contributed by atoms with Crippen LogP contribution in [0.4, 0.5) is 0 Å². The number of hydrogen-bond acceptors (Lipinski definition) is 4. The molecule has 2 aromatic carbocycles. The highest BCUT2D eigenvalue weighted by molar-refractivity contribution is 7.99. The average molecular weight is 350 g/mol. The molecule has 1 N–H and O–H groups in total. The lowest BCUT2D eigenvalue weighted by Gasteiger charge is -2.14. The van der Waals surface area contributed by atoms with Gasteiger partial charge in [0, 0.05) is 5.39 Å². The van der Waals surface area contributed by atoms with Crippen LogP contribution in [0.2, 0.25) is 6.82 Å². The van der Waals surface area contributed by atoms with Gasteiger partial charge >= 0.3 is 5.97 Å². The van der Waals surface area contributed by atoms with Crippen molar-refractivity contribution < 1.29 is 9.90 Å². The zero-order valence-corrected chi connectivity index (χ0v) is 14.7. The van der Waals surface area contributed by atoms with Crippen LogP contribution < -0.4 is 5.72 Å². The fraction of sp³-hybridized carbons (Fsp3) is 0.278. The monoisotopic (exact) mass is 350 g/mol. The maximum Gasteiger partial charge on any atom is 0.313 e. The number of rotatable bonds is 6. The van der Waals surface area contributed by atoms with Crippen molar-refractivity contribution in [2.45, 2.75) is 30.7 Å². The number of carboxylic acids is 1. The van der Waals surface area contributed by atoms with Gasteiger partial charge in [-0.15, -0.1) is 10.2 Å². The summed E-state index contributed by atoms with van der Waals surface area (Å²) in [5.41, 5.74) is 3.11. The molecule has 5 nitrogen and oxygen atoms in total. The molecule has 1 fully saturated rings. The van der Waals surface area contributed by atoms with Gasteiger partial charge in [0.2, 0.25) is 7.28 Å². The van der Waals surface area contributed by atoms with E-state index in [9.17, 15) is 4.79 Å². The molecule has 3 aromatic rings. The lowest BCUT2D eigenvalue weighted by Crippen LogP contribution is -2.24. The maximum atomic E-state index is 10.9. The molecule has 0 saturated heterocycles. The predicted molar refractivity (Wildman–Crippen MR) is 100 cm³/mol. The van der Waals surface area contributed by atoms with E-state index in [2.05, 4.69) is 40.5 Å². The number of aliphatic carboxylic acids is 1. The summed E-state index contributed by atoms with van der Waals surface area (Å²) in [6.07, 6.45) is 2.51. The van der Waals surface area contributed by atoms with Crippen LogP contribution in [0.25, 0.3) is 16.5 Å². The molecule has 1 aromatic heterocycles. The van der Waals surface area contributed by atoms with Gasteiger partial charge in [0.1, 0.15) is 0 Å². The van der Waals surface area contributed by atoms with Crippen molar-refractivity contribution in [3.63, 3.8) is 0 Å². The zero-order chi connectivity index (χ0) is 17.4. The average Bonchev–Trinajstić information content (AvgIpc) is 3.38. The van der Waals surface area contributed by atoms with Gasteiger partial charge in [-0.05, 0) is 35.8 Å². The van der Waals surface area contributed by atoms with Crippen molar-refractivity contribution in [2.75, 3.05) is 5.75 Å². The summed E-state index contributed by atoms with van der Waals surface area (Å²) in [4.78, 5) is 10.9. The Kier molecular flexibility index (Phi) is 4.25. The highest BCUT2D eigenvalue weighted by Gasteiger charge is 2.26. The van der Waals surface area contributed by atoms with Crippen molar-refractivity contribution >= 4 is 41.5 Å². The van der Waals surface area contributed by atoms with E-state index >= 15 is 0 Å². The van der Waals surface area contributed by atoms with Crippen molar-refractivity contribution in [1.29, 1.82) is 0 Å². The molecule has 1 aliphatic rings. The second kappa shape index (κ2) is 6.56. The summed E-state index contributed by atoms with van der Waals surface area (Å²) in [6, 6.07) is 12.7. The Hall–Kier alpha value is -2.28. The summed E-state index contributed by atoms with van der Waals surface area (Å²) >= 11 is 1.19. The van der Waals surface area contributed by atoms with E-state index in [4.69, 9.17) is 5.11 Å². The zero-order valence-electron chi connectivity index (χ0n) is 13.8. The molecule has 1 radical (unpaired) electrons. The van der Waals surface area contributed by atoms with Gasteiger partial charge in [0.05, 0.1) is 17.2 Å². The minimum Gasteiger partial charge on any atom is -0.481 e. The highest BCUT2D eigenvalue weighted by Crippen LogP contribution is 2.44. The van der Waals surface area contributed by atoms with Crippen LogP contribution in [0.1, 0.15) is 24.3 Å². The van der Waals surface area contributed by atoms with Gasteiger partial charge in [-0.3, -0.25) is 9.36 Å². The Balaban J connectivity index is 1.88. The summed E-state index contributed by atoms with van der Waals surface area (Å²) in [5, 5.41) is 20.4. The van der Waals surface area contributed by atoms with E-state index in [1.54, 1.807) is 0 Å². The number of fused-ring (bicyclic) bond motifs is 1. The van der Waals surface area contributed by atoms with E-state index in [1.807, 2.05) is 24.7 Å². The van der Waals surface area contributed by atoms with Crippen LogP contribution in [-0.2, 0) is 4.79 Å². The van der Waals surface area contributed by atoms with Crippen molar-refractivity contribution in [3.8, 4) is 5.69 Å². The Morgan fingerprint density at radius 2 is 2.00 bits per heavy atom. The first-order valence-corrected chi connectivity index (χ1v) is 9.29. The minimum atomic E-state index is -0.865. The first-order valence-electron chi connectivity index (χ1n) is 8.30. The fourth-order valence-electron chi connectivity index (χ4n) is 3.17. The standard InChI is InChI=1S/C18H17BN3O2S/c1-19-17-20-21-18(25-10-16(23)24)22(17)15-9-8-12(11-6-7-11)13-4-2-3-5-14(13)15/h2-5,8-9,11H,6-7,10H2,1H3,(H,23,24). The lowest BCUT2D eigenvalue weighted by atomic mass is 9.81. The smallest absolute Gasteiger partial charge is 0.313 e. The molecule has 1 heterocycles. The van der Waals surface area contributed by atoms with Crippen LogP contribution in [0.5, 0.6) is 0 Å². The topological polar surface area (TPSA) is 68.0 Å². The Labute approximate surface area is 150 Å². The molecule has 0 bridgehead atoms. The number of aromatic nitrogens is 3. The van der Waals surface area contributed by atoms with Crippen LogP contribution in [-0.4, -0.2) is 38.9 Å². The van der Waals surface area contributed by atoms with E-state index < -0.39 is 5.97 Å². The lowest BCUT2D eigenvalue weighted by molar-refractivity contribution is -0.133. The van der Waals surface area contributed by atoms with Gasteiger partial charge in [-0.1, -0.05) is 48.9 Å². The second-order valence-corrected chi connectivity index (χ2v) is 7.08. The van der Waals surface area contributed by atoms with Gasteiger partial charge in [-0.2, -0.15) is 0 Å². The van der Waals surface area contributed by atoms with Gasteiger partial charge in [-0.25, -0.2) is 0 Å². The summed E-state index contributed by atoms with van der Waals surface area (Å²) < 4.78 is 1.95. The third kappa shape index (κ3) is 3.04. The maximum absolute atomic E-state index is 10.9. The number of carbonyl (C=O) groups is 1. The largest absolute Gasteiger partial charge is 0.481 e. The molecule has 0 spiro atoms. The third-order valence-electron chi connectivity index (χ3n) is 4.43. The number of hydrogen-bond donors (Lipinski definition) is 1. The van der Waals surface area contributed by atoms with E-state index in [1.165, 1.54) is 35.6 Å². The minimum absolute atomic E-state index is 0.0417. The van der Waals surface area contributed by atoms with Crippen molar-refractivity contribution in [2.24, 2.45) is 0 Å². The molecule has 1 saturated carbocycles.